The van der Waals surface area contributed by atoms with Gasteiger partial charge in [-0.2, -0.15) is 0 Å². The number of hydrogen-bond donors (Lipinski definition) is 0. The third-order valence-corrected chi connectivity index (χ3v) is 16.1. The van der Waals surface area contributed by atoms with Crippen molar-refractivity contribution in [3.05, 3.63) is 281 Å². The average molecular weight is 874 g/mol. The van der Waals surface area contributed by atoms with Crippen LogP contribution < -0.4 is 0 Å². The Labute approximate surface area is 398 Å². The van der Waals surface area contributed by atoms with Crippen LogP contribution in [-0.2, 0) is 10.8 Å². The van der Waals surface area contributed by atoms with Crippen LogP contribution >= 0.6 is 0 Å². The van der Waals surface area contributed by atoms with Crippen LogP contribution in [0.1, 0.15) is 44.5 Å². The molecule has 11 aromatic carbocycles. The minimum atomic E-state index is -0.644. The summed E-state index contributed by atoms with van der Waals surface area (Å²) < 4.78 is 2.42. The lowest BCUT2D eigenvalue weighted by molar-refractivity contribution is 0.633. The van der Waals surface area contributed by atoms with Gasteiger partial charge in [-0.15, -0.1) is 0 Å². The predicted octanol–water partition coefficient (Wildman–Crippen LogP) is 15.7. The van der Waals surface area contributed by atoms with Gasteiger partial charge in [0.1, 0.15) is 0 Å². The van der Waals surface area contributed by atoms with Crippen LogP contribution in [0.15, 0.2) is 237 Å². The van der Waals surface area contributed by atoms with E-state index in [0.717, 1.165) is 33.2 Å². The van der Waals surface area contributed by atoms with Gasteiger partial charge in [0, 0.05) is 32.7 Å². The smallest absolute Gasteiger partial charge is 0.235 e. The third-order valence-electron chi connectivity index (χ3n) is 16.1. The fourth-order valence-electron chi connectivity index (χ4n) is 13.5. The van der Waals surface area contributed by atoms with E-state index in [4.69, 9.17) is 9.97 Å². The van der Waals surface area contributed by atoms with Gasteiger partial charge >= 0.3 is 0 Å². The Morgan fingerprint density at radius 2 is 0.783 bits per heavy atom. The fraction of sp³-hybridized carbons (Fsp3) is 0.0303. The van der Waals surface area contributed by atoms with Crippen LogP contribution in [-0.4, -0.2) is 14.5 Å². The summed E-state index contributed by atoms with van der Waals surface area (Å²) in [6.45, 7) is 0. The number of nitrogens with zero attached hydrogens (tertiary/aromatic N) is 3. The SMILES string of the molecule is c1ccc2c(c1)-c1ccccc1C21c2ccccc2C2(c3ccccc3-c3c2ccc2c4ccc5ccccc5c4n(-c4nc(-c5ccc6ccccc6c5)c5ccccc5n4)c32)c2ccccc21. The van der Waals surface area contributed by atoms with Crippen molar-refractivity contribution in [3.63, 3.8) is 0 Å². The van der Waals surface area contributed by atoms with Crippen molar-refractivity contribution >= 4 is 54.3 Å². The zero-order chi connectivity index (χ0) is 45.0. The maximum Gasteiger partial charge on any atom is 0.235 e. The Bertz CT molecular complexity index is 4310. The molecule has 0 aliphatic heterocycles. The first kappa shape index (κ1) is 37.2. The number of rotatable bonds is 2. The Kier molecular flexibility index (Phi) is 7.21. The molecule has 2 heterocycles. The Morgan fingerprint density at radius 3 is 1.46 bits per heavy atom. The molecule has 0 radical (unpaired) electrons. The summed E-state index contributed by atoms with van der Waals surface area (Å²) in [5.41, 5.74) is 19.5. The summed E-state index contributed by atoms with van der Waals surface area (Å²) in [6, 6.07) is 88.1. The first-order valence-corrected chi connectivity index (χ1v) is 24.0. The van der Waals surface area contributed by atoms with E-state index >= 15 is 0 Å². The molecular weight excluding hydrogens is 835 g/mol. The summed E-state index contributed by atoms with van der Waals surface area (Å²) in [5.74, 6) is 0.655. The maximum atomic E-state index is 5.73. The van der Waals surface area contributed by atoms with Crippen molar-refractivity contribution < 1.29 is 0 Å². The molecule has 3 aliphatic carbocycles. The van der Waals surface area contributed by atoms with Gasteiger partial charge in [-0.1, -0.05) is 224 Å². The topological polar surface area (TPSA) is 30.7 Å². The molecular formula is C66H39N3. The van der Waals surface area contributed by atoms with Crippen molar-refractivity contribution in [2.75, 3.05) is 0 Å². The molecule has 16 rings (SSSR count). The highest BCUT2D eigenvalue weighted by atomic mass is 15.2. The van der Waals surface area contributed by atoms with E-state index in [1.54, 1.807) is 0 Å². The van der Waals surface area contributed by atoms with Gasteiger partial charge in [0.15, 0.2) is 0 Å². The number of aromatic nitrogens is 3. The number of benzene rings is 11. The monoisotopic (exact) mass is 873 g/mol. The molecule has 2 aromatic heterocycles. The summed E-state index contributed by atoms with van der Waals surface area (Å²) in [6.07, 6.45) is 0. The molecule has 0 bridgehead atoms. The van der Waals surface area contributed by atoms with E-state index in [9.17, 15) is 0 Å². The van der Waals surface area contributed by atoms with Crippen molar-refractivity contribution in [2.45, 2.75) is 10.8 Å². The van der Waals surface area contributed by atoms with E-state index in [2.05, 4.69) is 241 Å². The summed E-state index contributed by atoms with van der Waals surface area (Å²) >= 11 is 0. The second-order valence-electron chi connectivity index (χ2n) is 19.1. The zero-order valence-corrected chi connectivity index (χ0v) is 37.4. The minimum absolute atomic E-state index is 0.515. The predicted molar refractivity (Wildman–Crippen MR) is 282 cm³/mol. The average Bonchev–Trinajstić information content (AvgIpc) is 4.03. The van der Waals surface area contributed by atoms with Gasteiger partial charge in [-0.25, -0.2) is 9.97 Å². The Morgan fingerprint density at radius 1 is 0.304 bits per heavy atom. The quantitative estimate of drug-likeness (QED) is 0.173. The number of fused-ring (bicyclic) bond motifs is 24. The van der Waals surface area contributed by atoms with E-state index < -0.39 is 10.8 Å². The highest BCUT2D eigenvalue weighted by Crippen LogP contribution is 2.68. The van der Waals surface area contributed by atoms with Crippen LogP contribution in [0.3, 0.4) is 0 Å². The fourth-order valence-corrected chi connectivity index (χ4v) is 13.5. The van der Waals surface area contributed by atoms with Gasteiger partial charge in [0.25, 0.3) is 0 Å². The number of hydrogen-bond acceptors (Lipinski definition) is 2. The first-order chi connectivity index (χ1) is 34.2. The normalized spacial score (nSPS) is 14.3. The molecule has 3 aliphatic rings. The van der Waals surface area contributed by atoms with Crippen molar-refractivity contribution in [1.29, 1.82) is 0 Å². The molecule has 0 amide bonds. The van der Waals surface area contributed by atoms with Crippen LogP contribution in [0, 0.1) is 0 Å². The van der Waals surface area contributed by atoms with Gasteiger partial charge in [0.05, 0.1) is 33.1 Å². The molecule has 3 heteroatoms. The van der Waals surface area contributed by atoms with E-state index in [-0.39, 0.29) is 0 Å². The lowest BCUT2D eigenvalue weighted by Crippen LogP contribution is -2.43. The van der Waals surface area contributed by atoms with E-state index in [1.165, 1.54) is 99.1 Å². The highest BCUT2D eigenvalue weighted by Gasteiger charge is 2.59. The summed E-state index contributed by atoms with van der Waals surface area (Å²) in [5, 5.41) is 8.11. The van der Waals surface area contributed by atoms with Crippen LogP contribution in [0.5, 0.6) is 0 Å². The van der Waals surface area contributed by atoms with Gasteiger partial charge in [-0.05, 0) is 89.5 Å². The van der Waals surface area contributed by atoms with Crippen LogP contribution in [0.4, 0.5) is 0 Å². The zero-order valence-electron chi connectivity index (χ0n) is 37.4. The lowest BCUT2D eigenvalue weighted by Gasteiger charge is -2.48. The number of para-hydroxylation sites is 1. The largest absolute Gasteiger partial charge is 0.277 e. The Balaban J connectivity index is 1.07. The standard InChI is InChI=1S/C66H39N3/c1-2-19-42-39-43(34-33-40(42)17-1)61-50-24-8-16-32-59(50)67-64(68-61)69-62-44-20-4-3-18-41(44)35-36-47(62)48-37-38-58-60(63(48)69)49-23-7-11-27-53(49)66(58)56-30-14-12-28-54(56)65(55-29-13-15-31-57(55)66)51-25-9-5-21-45(51)46-22-6-10-26-52(46)65/h1-39H. The van der Waals surface area contributed by atoms with Crippen LogP contribution in [0.25, 0.3) is 93.7 Å². The molecule has 69 heavy (non-hydrogen) atoms. The molecule has 0 fully saturated rings. The molecule has 2 spiro atoms. The highest BCUT2D eigenvalue weighted by molar-refractivity contribution is 6.22. The minimum Gasteiger partial charge on any atom is -0.277 e. The van der Waals surface area contributed by atoms with E-state index in [1.807, 2.05) is 0 Å². The Hall–Kier alpha value is -8.92. The summed E-state index contributed by atoms with van der Waals surface area (Å²) in [7, 11) is 0. The first-order valence-electron chi connectivity index (χ1n) is 24.0. The van der Waals surface area contributed by atoms with Crippen molar-refractivity contribution in [3.8, 4) is 39.5 Å². The van der Waals surface area contributed by atoms with Gasteiger partial charge in [-0.3, -0.25) is 4.57 Å². The summed E-state index contributed by atoms with van der Waals surface area (Å²) in [4.78, 5) is 11.3. The molecule has 0 atom stereocenters. The molecule has 318 valence electrons. The maximum absolute atomic E-state index is 5.73. The van der Waals surface area contributed by atoms with Gasteiger partial charge in [0.2, 0.25) is 5.95 Å². The molecule has 0 saturated carbocycles. The van der Waals surface area contributed by atoms with Crippen molar-refractivity contribution in [1.82, 2.24) is 14.5 Å². The lowest BCUT2D eigenvalue weighted by atomic mass is 9.52. The molecule has 3 nitrogen and oxygen atoms in total. The van der Waals surface area contributed by atoms with Gasteiger partial charge < -0.3 is 0 Å². The molecule has 0 N–H and O–H groups in total. The molecule has 0 saturated heterocycles. The van der Waals surface area contributed by atoms with Crippen molar-refractivity contribution in [2.24, 2.45) is 0 Å². The third kappa shape index (κ3) is 4.53. The second-order valence-corrected chi connectivity index (χ2v) is 19.1. The molecule has 13 aromatic rings. The van der Waals surface area contributed by atoms with Crippen LogP contribution in [0.2, 0.25) is 0 Å². The molecule has 0 unspecified atom stereocenters. The van der Waals surface area contributed by atoms with E-state index in [0.29, 0.717) is 5.95 Å². The second kappa shape index (κ2) is 13.4.